The van der Waals surface area contributed by atoms with E-state index >= 15 is 0 Å². The number of rotatable bonds is 8. The van der Waals surface area contributed by atoms with Gasteiger partial charge in [0.05, 0.1) is 12.3 Å². The van der Waals surface area contributed by atoms with Crippen molar-refractivity contribution in [2.24, 2.45) is 0 Å². The van der Waals surface area contributed by atoms with Crippen LogP contribution in [0.5, 0.6) is 0 Å². The Kier molecular flexibility index (Phi) is 6.51. The van der Waals surface area contributed by atoms with Gasteiger partial charge in [0.25, 0.3) is 0 Å². The van der Waals surface area contributed by atoms with Crippen molar-refractivity contribution in [1.29, 1.82) is 0 Å². The molecule has 142 valence electrons. The Labute approximate surface area is 165 Å². The van der Waals surface area contributed by atoms with Crippen molar-refractivity contribution >= 4 is 17.2 Å². The minimum atomic E-state index is 0.0905. The molecule has 0 aliphatic heterocycles. The Morgan fingerprint density at radius 3 is 2.52 bits per heavy atom. The third-order valence-electron chi connectivity index (χ3n) is 5.07. The third-order valence-corrected chi connectivity index (χ3v) is 6.11. The monoisotopic (exact) mass is 381 g/mol. The summed E-state index contributed by atoms with van der Waals surface area (Å²) >= 11 is 1.70. The van der Waals surface area contributed by atoms with Gasteiger partial charge in [0.2, 0.25) is 5.91 Å². The number of carbonyl (C=O) groups is 1. The molecule has 3 nitrogen and oxygen atoms in total. The summed E-state index contributed by atoms with van der Waals surface area (Å²) < 4.78 is 5.73. The molecule has 2 heterocycles. The Bertz CT molecular complexity index is 822. The van der Waals surface area contributed by atoms with E-state index in [9.17, 15) is 4.79 Å². The lowest BCUT2D eigenvalue weighted by molar-refractivity contribution is -0.133. The smallest absolute Gasteiger partial charge is 0.222 e. The number of carbonyl (C=O) groups excluding carboxylic acids is 1. The molecular weight excluding hydrogens is 354 g/mol. The highest BCUT2D eigenvalue weighted by atomic mass is 32.1. The van der Waals surface area contributed by atoms with Crippen LogP contribution in [-0.4, -0.2) is 17.4 Å². The quantitative estimate of drug-likeness (QED) is 0.467. The normalized spacial score (nSPS) is 13.3. The summed E-state index contributed by atoms with van der Waals surface area (Å²) in [4.78, 5) is 15.9. The summed E-state index contributed by atoms with van der Waals surface area (Å²) in [7, 11) is 0. The minimum Gasteiger partial charge on any atom is -0.469 e. The molecule has 3 aromatic rings. The number of furan rings is 1. The number of hydrogen-bond donors (Lipinski definition) is 0. The molecule has 0 unspecified atom stereocenters. The number of nitrogens with zero attached hydrogens (tertiary/aromatic N) is 1. The Balaban J connectivity index is 1.81. The van der Waals surface area contributed by atoms with Gasteiger partial charge in [-0.15, -0.1) is 11.3 Å². The van der Waals surface area contributed by atoms with Crippen LogP contribution in [0.1, 0.15) is 60.4 Å². The second-order valence-corrected chi connectivity index (χ2v) is 7.88. The summed E-state index contributed by atoms with van der Waals surface area (Å²) in [5, 5.41) is 2.07. The SMILES string of the molecule is CCC(=O)N(CC[C@H](c1ccc(C)cc1)c1ccco1)[C@H](C)c1cccs1. The molecule has 1 aromatic carbocycles. The first-order valence-electron chi connectivity index (χ1n) is 9.53. The number of benzene rings is 1. The van der Waals surface area contributed by atoms with Crippen molar-refractivity contribution in [3.05, 3.63) is 81.9 Å². The van der Waals surface area contributed by atoms with Crippen molar-refractivity contribution in [2.75, 3.05) is 6.54 Å². The highest BCUT2D eigenvalue weighted by Gasteiger charge is 2.24. The average molecular weight is 382 g/mol. The highest BCUT2D eigenvalue weighted by Crippen LogP contribution is 2.31. The van der Waals surface area contributed by atoms with Crippen LogP contribution in [0, 0.1) is 6.92 Å². The summed E-state index contributed by atoms with van der Waals surface area (Å²) in [5.74, 6) is 1.29. The molecule has 27 heavy (non-hydrogen) atoms. The standard InChI is InChI=1S/C23H27NO2S/c1-4-23(25)24(18(3)22-8-6-16-27-22)14-13-20(21-7-5-15-26-21)19-11-9-17(2)10-12-19/h5-12,15-16,18,20H,4,13-14H2,1-3H3/t18-,20-/m1/s1. The Morgan fingerprint density at radius 1 is 1.15 bits per heavy atom. The zero-order valence-electron chi connectivity index (χ0n) is 16.2. The maximum atomic E-state index is 12.6. The van der Waals surface area contributed by atoms with Crippen LogP contribution in [0.2, 0.25) is 0 Å². The summed E-state index contributed by atoms with van der Waals surface area (Å²) in [6.07, 6.45) is 3.07. The Morgan fingerprint density at radius 2 is 1.93 bits per heavy atom. The Hall–Kier alpha value is -2.33. The summed E-state index contributed by atoms with van der Waals surface area (Å²) in [6, 6.07) is 16.8. The van der Waals surface area contributed by atoms with E-state index in [1.165, 1.54) is 16.0 Å². The molecule has 0 spiro atoms. The summed E-state index contributed by atoms with van der Waals surface area (Å²) in [6.45, 7) is 6.84. The largest absolute Gasteiger partial charge is 0.469 e. The number of amides is 1. The van der Waals surface area contributed by atoms with Gasteiger partial charge in [-0.05, 0) is 49.4 Å². The predicted octanol–water partition coefficient (Wildman–Crippen LogP) is 6.17. The van der Waals surface area contributed by atoms with Gasteiger partial charge in [-0.25, -0.2) is 0 Å². The van der Waals surface area contributed by atoms with Crippen LogP contribution in [0.25, 0.3) is 0 Å². The van der Waals surface area contributed by atoms with Gasteiger partial charge in [-0.3, -0.25) is 4.79 Å². The minimum absolute atomic E-state index is 0.0905. The fraction of sp³-hybridized carbons (Fsp3) is 0.348. The van der Waals surface area contributed by atoms with Gasteiger partial charge in [-0.2, -0.15) is 0 Å². The number of thiophene rings is 1. The molecule has 2 aromatic heterocycles. The molecule has 0 saturated heterocycles. The lowest BCUT2D eigenvalue weighted by Gasteiger charge is -2.30. The van der Waals surface area contributed by atoms with Gasteiger partial charge in [0, 0.05) is 23.8 Å². The molecule has 0 bridgehead atoms. The fourth-order valence-corrected chi connectivity index (χ4v) is 4.25. The molecule has 3 rings (SSSR count). The third kappa shape index (κ3) is 4.69. The van der Waals surface area contributed by atoms with Crippen LogP contribution in [-0.2, 0) is 4.79 Å². The van der Waals surface area contributed by atoms with E-state index in [2.05, 4.69) is 49.6 Å². The second-order valence-electron chi connectivity index (χ2n) is 6.90. The highest BCUT2D eigenvalue weighted by molar-refractivity contribution is 7.10. The summed E-state index contributed by atoms with van der Waals surface area (Å²) in [5.41, 5.74) is 2.47. The van der Waals surface area contributed by atoms with E-state index < -0.39 is 0 Å². The lowest BCUT2D eigenvalue weighted by Crippen LogP contribution is -2.34. The van der Waals surface area contributed by atoms with Crippen molar-refractivity contribution in [3.63, 3.8) is 0 Å². The van der Waals surface area contributed by atoms with Crippen LogP contribution in [0.4, 0.5) is 0 Å². The van der Waals surface area contributed by atoms with E-state index in [1.54, 1.807) is 17.6 Å². The second kappa shape index (κ2) is 9.05. The maximum Gasteiger partial charge on any atom is 0.222 e. The van der Waals surface area contributed by atoms with Crippen molar-refractivity contribution in [3.8, 4) is 0 Å². The molecule has 2 atom stereocenters. The molecule has 1 amide bonds. The van der Waals surface area contributed by atoms with Crippen LogP contribution >= 0.6 is 11.3 Å². The predicted molar refractivity (Wildman–Crippen MR) is 111 cm³/mol. The van der Waals surface area contributed by atoms with E-state index in [1.807, 2.05) is 30.0 Å². The van der Waals surface area contributed by atoms with Crippen LogP contribution in [0.3, 0.4) is 0 Å². The van der Waals surface area contributed by atoms with E-state index in [4.69, 9.17) is 4.42 Å². The topological polar surface area (TPSA) is 33.5 Å². The van der Waals surface area contributed by atoms with Crippen molar-refractivity contribution in [2.45, 2.75) is 45.6 Å². The van der Waals surface area contributed by atoms with Crippen LogP contribution in [0.15, 0.2) is 64.6 Å². The first kappa shape index (κ1) is 19.4. The van der Waals surface area contributed by atoms with Gasteiger partial charge in [0.15, 0.2) is 0 Å². The first-order chi connectivity index (χ1) is 13.1. The molecule has 0 aliphatic carbocycles. The zero-order chi connectivity index (χ0) is 19.2. The number of aryl methyl sites for hydroxylation is 1. The molecule has 4 heteroatoms. The first-order valence-corrected chi connectivity index (χ1v) is 10.4. The van der Waals surface area contributed by atoms with Gasteiger partial charge in [0.1, 0.15) is 5.76 Å². The molecular formula is C23H27NO2S. The molecule has 0 aliphatic rings. The van der Waals surface area contributed by atoms with Crippen molar-refractivity contribution < 1.29 is 9.21 Å². The molecule has 0 saturated carbocycles. The van der Waals surface area contributed by atoms with Gasteiger partial charge in [-0.1, -0.05) is 42.8 Å². The maximum absolute atomic E-state index is 12.6. The van der Waals surface area contributed by atoms with Crippen molar-refractivity contribution in [1.82, 2.24) is 4.90 Å². The number of hydrogen-bond acceptors (Lipinski definition) is 3. The zero-order valence-corrected chi connectivity index (χ0v) is 17.0. The molecule has 0 radical (unpaired) electrons. The molecule has 0 N–H and O–H groups in total. The van der Waals surface area contributed by atoms with Crippen LogP contribution < -0.4 is 0 Å². The van der Waals surface area contributed by atoms with E-state index in [0.717, 1.165) is 12.2 Å². The lowest BCUT2D eigenvalue weighted by atomic mass is 9.92. The van der Waals surface area contributed by atoms with Gasteiger partial charge >= 0.3 is 0 Å². The fourth-order valence-electron chi connectivity index (χ4n) is 3.45. The molecule has 0 fully saturated rings. The van der Waals surface area contributed by atoms with Gasteiger partial charge < -0.3 is 9.32 Å². The van der Waals surface area contributed by atoms with E-state index in [-0.39, 0.29) is 17.9 Å². The average Bonchev–Trinajstić information content (AvgIpc) is 3.39. The van der Waals surface area contributed by atoms with E-state index in [0.29, 0.717) is 13.0 Å².